The molecule has 0 aliphatic carbocycles. The SMILES string of the molecule is C[C@H](OC(=O)c1ccc(Cl)cc1)C(=O)Nc1cccc2ccccc12. The molecule has 1 atom stereocenters. The molecule has 25 heavy (non-hydrogen) atoms. The van der Waals surface area contributed by atoms with Crippen LogP contribution in [0.2, 0.25) is 5.02 Å². The molecule has 5 heteroatoms. The first-order chi connectivity index (χ1) is 12.0. The summed E-state index contributed by atoms with van der Waals surface area (Å²) in [7, 11) is 0. The van der Waals surface area contributed by atoms with Crippen LogP contribution in [0.4, 0.5) is 5.69 Å². The number of hydrogen-bond acceptors (Lipinski definition) is 3. The number of amides is 1. The fourth-order valence-electron chi connectivity index (χ4n) is 2.44. The predicted octanol–water partition coefficient (Wildman–Crippen LogP) is 4.68. The molecule has 0 bridgehead atoms. The lowest BCUT2D eigenvalue weighted by Gasteiger charge is -2.14. The fourth-order valence-corrected chi connectivity index (χ4v) is 2.56. The monoisotopic (exact) mass is 353 g/mol. The Bertz CT molecular complexity index is 916. The van der Waals surface area contributed by atoms with E-state index in [9.17, 15) is 9.59 Å². The van der Waals surface area contributed by atoms with Crippen LogP contribution in [0.5, 0.6) is 0 Å². The number of carbonyl (C=O) groups excluding carboxylic acids is 2. The van der Waals surface area contributed by atoms with Crippen molar-refractivity contribution in [3.05, 3.63) is 77.3 Å². The van der Waals surface area contributed by atoms with Crippen LogP contribution in [-0.2, 0) is 9.53 Å². The normalized spacial score (nSPS) is 11.8. The zero-order chi connectivity index (χ0) is 17.8. The maximum Gasteiger partial charge on any atom is 0.338 e. The van der Waals surface area contributed by atoms with Crippen LogP contribution in [0.1, 0.15) is 17.3 Å². The van der Waals surface area contributed by atoms with Gasteiger partial charge in [-0.2, -0.15) is 0 Å². The quantitative estimate of drug-likeness (QED) is 0.693. The van der Waals surface area contributed by atoms with Crippen LogP contribution in [-0.4, -0.2) is 18.0 Å². The van der Waals surface area contributed by atoms with Crippen molar-refractivity contribution in [2.24, 2.45) is 0 Å². The second kappa shape index (κ2) is 7.36. The van der Waals surface area contributed by atoms with E-state index in [0.717, 1.165) is 10.8 Å². The van der Waals surface area contributed by atoms with Crippen molar-refractivity contribution >= 4 is 39.9 Å². The molecule has 0 saturated heterocycles. The molecule has 4 nitrogen and oxygen atoms in total. The third kappa shape index (κ3) is 3.98. The van der Waals surface area contributed by atoms with E-state index in [1.807, 2.05) is 42.5 Å². The van der Waals surface area contributed by atoms with Gasteiger partial charge in [0.25, 0.3) is 5.91 Å². The number of benzene rings is 3. The van der Waals surface area contributed by atoms with Crippen molar-refractivity contribution in [2.75, 3.05) is 5.32 Å². The van der Waals surface area contributed by atoms with E-state index in [-0.39, 0.29) is 0 Å². The maximum absolute atomic E-state index is 12.4. The highest BCUT2D eigenvalue weighted by atomic mass is 35.5. The van der Waals surface area contributed by atoms with Gasteiger partial charge >= 0.3 is 5.97 Å². The number of rotatable bonds is 4. The number of ether oxygens (including phenoxy) is 1. The highest BCUT2D eigenvalue weighted by Crippen LogP contribution is 2.23. The third-order valence-corrected chi connectivity index (χ3v) is 4.03. The van der Waals surface area contributed by atoms with Gasteiger partial charge in [-0.15, -0.1) is 0 Å². The van der Waals surface area contributed by atoms with Crippen molar-refractivity contribution in [1.29, 1.82) is 0 Å². The van der Waals surface area contributed by atoms with E-state index in [1.54, 1.807) is 24.3 Å². The van der Waals surface area contributed by atoms with Gasteiger partial charge in [0.2, 0.25) is 0 Å². The summed E-state index contributed by atoms with van der Waals surface area (Å²) in [6, 6.07) is 19.7. The Kier molecular flexibility index (Phi) is 5.00. The number of carbonyl (C=O) groups is 2. The predicted molar refractivity (Wildman–Crippen MR) is 98.9 cm³/mol. The van der Waals surface area contributed by atoms with Gasteiger partial charge in [-0.05, 0) is 42.6 Å². The Labute approximate surface area is 150 Å². The lowest BCUT2D eigenvalue weighted by molar-refractivity contribution is -0.123. The summed E-state index contributed by atoms with van der Waals surface area (Å²) in [5.74, 6) is -0.962. The van der Waals surface area contributed by atoms with Gasteiger partial charge in [-0.1, -0.05) is 48.0 Å². The first-order valence-electron chi connectivity index (χ1n) is 7.80. The summed E-state index contributed by atoms with van der Waals surface area (Å²) < 4.78 is 5.23. The topological polar surface area (TPSA) is 55.4 Å². The van der Waals surface area contributed by atoms with E-state index in [4.69, 9.17) is 16.3 Å². The van der Waals surface area contributed by atoms with Crippen molar-refractivity contribution in [3.63, 3.8) is 0 Å². The molecule has 3 aromatic rings. The zero-order valence-corrected chi connectivity index (χ0v) is 14.3. The van der Waals surface area contributed by atoms with Crippen molar-refractivity contribution in [2.45, 2.75) is 13.0 Å². The number of esters is 1. The molecule has 0 fully saturated rings. The number of halogens is 1. The lowest BCUT2D eigenvalue weighted by Crippen LogP contribution is -2.30. The van der Waals surface area contributed by atoms with Gasteiger partial charge in [-0.25, -0.2) is 4.79 Å². The van der Waals surface area contributed by atoms with Crippen LogP contribution < -0.4 is 5.32 Å². The lowest BCUT2D eigenvalue weighted by atomic mass is 10.1. The molecule has 0 aliphatic rings. The smallest absolute Gasteiger partial charge is 0.338 e. The molecule has 126 valence electrons. The van der Waals surface area contributed by atoms with Gasteiger partial charge < -0.3 is 10.1 Å². The number of nitrogens with one attached hydrogen (secondary N) is 1. The van der Waals surface area contributed by atoms with Crippen LogP contribution in [0.25, 0.3) is 10.8 Å². The first-order valence-corrected chi connectivity index (χ1v) is 8.17. The molecule has 1 amide bonds. The summed E-state index contributed by atoms with van der Waals surface area (Å²) in [6.45, 7) is 1.54. The molecular weight excluding hydrogens is 338 g/mol. The number of hydrogen-bond donors (Lipinski definition) is 1. The molecule has 0 spiro atoms. The molecule has 0 radical (unpaired) electrons. The minimum Gasteiger partial charge on any atom is -0.449 e. The summed E-state index contributed by atoms with van der Waals surface area (Å²) >= 11 is 5.79. The molecule has 0 saturated carbocycles. The zero-order valence-electron chi connectivity index (χ0n) is 13.5. The van der Waals surface area contributed by atoms with Gasteiger partial charge in [0.1, 0.15) is 0 Å². The van der Waals surface area contributed by atoms with Gasteiger partial charge in [-0.3, -0.25) is 4.79 Å². The summed E-state index contributed by atoms with van der Waals surface area (Å²) in [4.78, 5) is 24.5. The minimum atomic E-state index is -0.929. The molecule has 3 rings (SSSR count). The summed E-state index contributed by atoms with van der Waals surface area (Å²) in [6.07, 6.45) is -0.929. The summed E-state index contributed by atoms with van der Waals surface area (Å²) in [5.41, 5.74) is 1.02. The van der Waals surface area contributed by atoms with E-state index >= 15 is 0 Å². The summed E-state index contributed by atoms with van der Waals surface area (Å²) in [5, 5.41) is 5.28. The largest absolute Gasteiger partial charge is 0.449 e. The number of fused-ring (bicyclic) bond motifs is 1. The van der Waals surface area contributed by atoms with Crippen LogP contribution in [0, 0.1) is 0 Å². The Morgan fingerprint density at radius 3 is 2.40 bits per heavy atom. The number of anilines is 1. The van der Waals surface area contributed by atoms with Crippen molar-refractivity contribution < 1.29 is 14.3 Å². The van der Waals surface area contributed by atoms with Crippen LogP contribution in [0.3, 0.4) is 0 Å². The van der Waals surface area contributed by atoms with Gasteiger partial charge in [0, 0.05) is 16.1 Å². The van der Waals surface area contributed by atoms with E-state index < -0.39 is 18.0 Å². The third-order valence-electron chi connectivity index (χ3n) is 3.78. The molecule has 3 aromatic carbocycles. The van der Waals surface area contributed by atoms with Crippen molar-refractivity contribution in [3.8, 4) is 0 Å². The fraction of sp³-hybridized carbons (Fsp3) is 0.100. The standard InChI is InChI=1S/C20H16ClNO3/c1-13(25-20(24)15-9-11-16(21)12-10-15)19(23)22-18-8-4-6-14-5-2-3-7-17(14)18/h2-13H,1H3,(H,22,23)/t13-/m0/s1. The molecule has 0 heterocycles. The second-order valence-corrected chi connectivity index (χ2v) is 6.01. The Hall–Kier alpha value is -2.85. The average Bonchev–Trinajstić information content (AvgIpc) is 2.62. The van der Waals surface area contributed by atoms with Gasteiger partial charge in [0.05, 0.1) is 5.56 Å². The van der Waals surface area contributed by atoms with Crippen molar-refractivity contribution in [1.82, 2.24) is 0 Å². The average molecular weight is 354 g/mol. The minimum absolute atomic E-state index is 0.342. The highest BCUT2D eigenvalue weighted by molar-refractivity contribution is 6.30. The van der Waals surface area contributed by atoms with Crippen LogP contribution in [0.15, 0.2) is 66.7 Å². The van der Waals surface area contributed by atoms with Crippen LogP contribution >= 0.6 is 11.6 Å². The molecule has 0 aromatic heterocycles. The van der Waals surface area contributed by atoms with Gasteiger partial charge in [0.15, 0.2) is 6.10 Å². The Balaban J connectivity index is 1.70. The Morgan fingerprint density at radius 2 is 1.64 bits per heavy atom. The maximum atomic E-state index is 12.4. The van der Waals surface area contributed by atoms with E-state index in [1.165, 1.54) is 6.92 Å². The Morgan fingerprint density at radius 1 is 0.960 bits per heavy atom. The highest BCUT2D eigenvalue weighted by Gasteiger charge is 2.19. The molecule has 0 aliphatic heterocycles. The molecule has 0 unspecified atom stereocenters. The molecular formula is C20H16ClNO3. The second-order valence-electron chi connectivity index (χ2n) is 5.57. The van der Waals surface area contributed by atoms with E-state index in [0.29, 0.717) is 16.3 Å². The molecule has 1 N–H and O–H groups in total. The van der Waals surface area contributed by atoms with E-state index in [2.05, 4.69) is 5.32 Å². The first kappa shape index (κ1) is 17.0.